The molecule has 0 unspecified atom stereocenters. The number of halogens is 3. The van der Waals surface area contributed by atoms with Crippen LogP contribution in [-0.2, 0) is 0 Å². The topological polar surface area (TPSA) is 23.8 Å². The molecule has 0 radical (unpaired) electrons. The predicted molar refractivity (Wildman–Crippen MR) is 79.9 cm³/mol. The fourth-order valence-corrected chi connectivity index (χ4v) is 2.25. The summed E-state index contributed by atoms with van der Waals surface area (Å²) in [6, 6.07) is 16.8. The maximum Gasteiger partial charge on any atom is 0.414 e. The van der Waals surface area contributed by atoms with Crippen molar-refractivity contribution in [1.82, 2.24) is 0 Å². The lowest BCUT2D eigenvalue weighted by Gasteiger charge is -2.17. The minimum Gasteiger partial charge on any atom is -0.198 e. The van der Waals surface area contributed by atoms with Gasteiger partial charge in [0.2, 0.25) is 0 Å². The average Bonchev–Trinajstić information content (AvgIpc) is 2.49. The van der Waals surface area contributed by atoms with Crippen molar-refractivity contribution in [3.8, 4) is 6.07 Å². The minimum absolute atomic E-state index is 0.0645. The van der Waals surface area contributed by atoms with Crippen LogP contribution in [-0.4, -0.2) is 6.18 Å². The molecule has 2 rings (SSSR count). The largest absolute Gasteiger partial charge is 0.414 e. The minimum atomic E-state index is -4.55. The molecule has 0 fully saturated rings. The molecule has 0 aromatic heterocycles. The normalized spacial score (nSPS) is 12.5. The summed E-state index contributed by atoms with van der Waals surface area (Å²) in [5.41, 5.74) is 1.12. The van der Waals surface area contributed by atoms with E-state index in [1.807, 2.05) is 6.92 Å². The van der Waals surface area contributed by atoms with Gasteiger partial charge in [-0.05, 0) is 23.6 Å². The molecule has 1 nitrogen and oxygen atoms in total. The molecule has 22 heavy (non-hydrogen) atoms. The van der Waals surface area contributed by atoms with E-state index in [1.54, 1.807) is 60.7 Å². The van der Waals surface area contributed by atoms with Gasteiger partial charge in [0.1, 0.15) is 0 Å². The van der Waals surface area contributed by atoms with Crippen molar-refractivity contribution < 1.29 is 13.2 Å². The van der Waals surface area contributed by atoms with E-state index in [0.717, 1.165) is 5.56 Å². The van der Waals surface area contributed by atoms with Crippen LogP contribution in [0.1, 0.15) is 23.1 Å². The highest BCUT2D eigenvalue weighted by Crippen LogP contribution is 2.38. The molecule has 0 aliphatic rings. The summed E-state index contributed by atoms with van der Waals surface area (Å²) in [4.78, 5) is 0. The van der Waals surface area contributed by atoms with E-state index in [-0.39, 0.29) is 5.57 Å². The molecular weight excluding hydrogens is 287 g/mol. The zero-order chi connectivity index (χ0) is 16.2. The quantitative estimate of drug-likeness (QED) is 0.757. The van der Waals surface area contributed by atoms with E-state index in [1.165, 1.54) is 0 Å². The van der Waals surface area contributed by atoms with Gasteiger partial charge in [-0.15, -0.1) is 0 Å². The second-order valence-electron chi connectivity index (χ2n) is 4.92. The van der Waals surface area contributed by atoms with Gasteiger partial charge in [-0.3, -0.25) is 0 Å². The second-order valence-corrected chi connectivity index (χ2v) is 4.92. The predicted octanol–water partition coefficient (Wildman–Crippen LogP) is 5.27. The van der Waals surface area contributed by atoms with Crippen molar-refractivity contribution in [2.45, 2.75) is 19.5 Å². The fraction of sp³-hybridized carbons (Fsp3) is 0.167. The summed E-state index contributed by atoms with van der Waals surface area (Å²) in [6.45, 7) is 1.87. The molecule has 0 saturated heterocycles. The molecule has 0 saturated carbocycles. The summed E-state index contributed by atoms with van der Waals surface area (Å²) in [6.07, 6.45) is -5.23. The number of allylic oxidation sites excluding steroid dienone is 1. The third-order valence-electron chi connectivity index (χ3n) is 3.30. The van der Waals surface area contributed by atoms with Crippen molar-refractivity contribution in [2.24, 2.45) is 0 Å². The van der Waals surface area contributed by atoms with Crippen LogP contribution in [0.2, 0.25) is 0 Å². The monoisotopic (exact) mass is 301 g/mol. The summed E-state index contributed by atoms with van der Waals surface area (Å²) in [5.74, 6) is 0. The maximum absolute atomic E-state index is 13.4. The Labute approximate surface area is 127 Å². The summed E-state index contributed by atoms with van der Waals surface area (Å²) in [5, 5.41) is 8.80. The van der Waals surface area contributed by atoms with Crippen LogP contribution in [0.25, 0.3) is 5.57 Å². The molecule has 0 bridgehead atoms. The van der Waals surface area contributed by atoms with Crippen molar-refractivity contribution in [1.29, 1.82) is 5.26 Å². The average molecular weight is 301 g/mol. The Morgan fingerprint density at radius 1 is 0.955 bits per heavy atom. The zero-order valence-corrected chi connectivity index (χ0v) is 12.0. The molecular formula is C18H14F3N. The molecule has 2 aromatic carbocycles. The van der Waals surface area contributed by atoms with Gasteiger partial charge in [0, 0.05) is 0 Å². The number of alkyl halides is 3. The number of hydrogen-bond donors (Lipinski definition) is 0. The standard InChI is InChI=1S/C18H14F3N/c1-13-7-9-15(10-8-13)17(14-5-3-2-4-6-14)16(11-12-22)18(19,20)21/h2-10H,11H2,1H3/b17-16+. The van der Waals surface area contributed by atoms with E-state index in [2.05, 4.69) is 0 Å². The van der Waals surface area contributed by atoms with Crippen LogP contribution in [0.15, 0.2) is 60.2 Å². The van der Waals surface area contributed by atoms with Gasteiger partial charge < -0.3 is 0 Å². The van der Waals surface area contributed by atoms with Gasteiger partial charge in [0.15, 0.2) is 0 Å². The lowest BCUT2D eigenvalue weighted by atomic mass is 9.91. The van der Waals surface area contributed by atoms with Crippen molar-refractivity contribution in [3.05, 3.63) is 76.9 Å². The molecule has 2 aromatic rings. The van der Waals surface area contributed by atoms with Crippen LogP contribution in [0.3, 0.4) is 0 Å². The molecule has 0 spiro atoms. The first-order valence-corrected chi connectivity index (χ1v) is 6.73. The third kappa shape index (κ3) is 3.56. The Bertz CT molecular complexity index is 705. The van der Waals surface area contributed by atoms with Crippen LogP contribution in [0, 0.1) is 18.3 Å². The van der Waals surface area contributed by atoms with Gasteiger partial charge in [-0.25, -0.2) is 0 Å². The van der Waals surface area contributed by atoms with Crippen LogP contribution in [0.4, 0.5) is 13.2 Å². The van der Waals surface area contributed by atoms with Gasteiger partial charge in [-0.1, -0.05) is 60.2 Å². The third-order valence-corrected chi connectivity index (χ3v) is 3.30. The first-order valence-electron chi connectivity index (χ1n) is 6.73. The van der Waals surface area contributed by atoms with Gasteiger partial charge in [-0.2, -0.15) is 18.4 Å². The molecule has 0 amide bonds. The van der Waals surface area contributed by atoms with Crippen molar-refractivity contribution >= 4 is 5.57 Å². The van der Waals surface area contributed by atoms with Gasteiger partial charge >= 0.3 is 6.18 Å². The summed E-state index contributed by atoms with van der Waals surface area (Å²) < 4.78 is 40.2. The molecule has 112 valence electrons. The van der Waals surface area contributed by atoms with Gasteiger partial charge in [0.25, 0.3) is 0 Å². The molecule has 0 heterocycles. The Morgan fingerprint density at radius 3 is 2.00 bits per heavy atom. The van der Waals surface area contributed by atoms with E-state index in [0.29, 0.717) is 11.1 Å². The highest BCUT2D eigenvalue weighted by Gasteiger charge is 2.36. The molecule has 4 heteroatoms. The lowest BCUT2D eigenvalue weighted by Crippen LogP contribution is -2.14. The molecule has 0 N–H and O–H groups in total. The number of aryl methyl sites for hydroxylation is 1. The highest BCUT2D eigenvalue weighted by molar-refractivity contribution is 5.83. The van der Waals surface area contributed by atoms with Crippen LogP contribution in [0.5, 0.6) is 0 Å². The Kier molecular flexibility index (Phi) is 4.67. The number of hydrogen-bond acceptors (Lipinski definition) is 1. The Balaban J connectivity index is 2.74. The molecule has 0 aliphatic heterocycles. The number of benzene rings is 2. The Hall–Kier alpha value is -2.54. The number of rotatable bonds is 3. The van der Waals surface area contributed by atoms with E-state index >= 15 is 0 Å². The highest BCUT2D eigenvalue weighted by atomic mass is 19.4. The second kappa shape index (κ2) is 6.48. The van der Waals surface area contributed by atoms with E-state index < -0.39 is 18.2 Å². The van der Waals surface area contributed by atoms with Crippen LogP contribution < -0.4 is 0 Å². The SMILES string of the molecule is Cc1ccc(/C(=C(\CC#N)C(F)(F)F)c2ccccc2)cc1. The van der Waals surface area contributed by atoms with E-state index in [9.17, 15) is 13.2 Å². The summed E-state index contributed by atoms with van der Waals surface area (Å²) in [7, 11) is 0. The number of nitriles is 1. The van der Waals surface area contributed by atoms with Crippen LogP contribution >= 0.6 is 0 Å². The summed E-state index contributed by atoms with van der Waals surface area (Å²) >= 11 is 0. The lowest BCUT2D eigenvalue weighted by molar-refractivity contribution is -0.0921. The first-order chi connectivity index (χ1) is 10.4. The van der Waals surface area contributed by atoms with Crippen molar-refractivity contribution in [3.63, 3.8) is 0 Å². The number of nitrogens with zero attached hydrogens (tertiary/aromatic N) is 1. The molecule has 0 atom stereocenters. The Morgan fingerprint density at radius 2 is 1.50 bits per heavy atom. The van der Waals surface area contributed by atoms with Crippen molar-refractivity contribution in [2.75, 3.05) is 0 Å². The van der Waals surface area contributed by atoms with E-state index in [4.69, 9.17) is 5.26 Å². The molecule has 0 aliphatic carbocycles. The van der Waals surface area contributed by atoms with Gasteiger partial charge in [0.05, 0.1) is 18.1 Å². The fourth-order valence-electron chi connectivity index (χ4n) is 2.25. The first kappa shape index (κ1) is 15.8. The maximum atomic E-state index is 13.4. The zero-order valence-electron chi connectivity index (χ0n) is 12.0. The smallest absolute Gasteiger partial charge is 0.198 e.